The first-order valence-electron chi connectivity index (χ1n) is 9.79. The Bertz CT molecular complexity index is 464. The minimum absolute atomic E-state index is 0.0531. The van der Waals surface area contributed by atoms with Crippen molar-refractivity contribution in [1.29, 1.82) is 0 Å². The zero-order valence-electron chi connectivity index (χ0n) is 17.4. The third kappa shape index (κ3) is 10.5. The Morgan fingerprint density at radius 3 is 2.07 bits per heavy atom. The smallest absolute Gasteiger partial charge is 0.405 e. The van der Waals surface area contributed by atoms with Crippen LogP contribution in [0.1, 0.15) is 86.5 Å². The summed E-state index contributed by atoms with van der Waals surface area (Å²) in [6, 6.07) is -2.19. The van der Waals surface area contributed by atoms with Crippen molar-refractivity contribution in [2.24, 2.45) is 5.92 Å². The van der Waals surface area contributed by atoms with Gasteiger partial charge in [-0.05, 0) is 40.5 Å². The molecule has 0 radical (unpaired) electrons. The van der Waals surface area contributed by atoms with E-state index in [2.05, 4.69) is 11.6 Å². The molecule has 0 aliphatic rings. The molecule has 0 amide bonds. The highest BCUT2D eigenvalue weighted by molar-refractivity contribution is 7.84. The molecule has 0 aromatic heterocycles. The summed E-state index contributed by atoms with van der Waals surface area (Å²) in [6.07, 6.45) is -0.379. The third-order valence-corrected chi connectivity index (χ3v) is 5.94. The lowest BCUT2D eigenvalue weighted by atomic mass is 9.93. The molecule has 0 saturated heterocycles. The van der Waals surface area contributed by atoms with E-state index < -0.39 is 45.9 Å². The molecule has 0 bridgehead atoms. The molecule has 0 spiro atoms. The number of carbonyl (C=O) groups excluding carboxylic acids is 1. The fourth-order valence-corrected chi connectivity index (χ4v) is 3.31. The Balaban J connectivity index is 5.42. The van der Waals surface area contributed by atoms with Crippen molar-refractivity contribution in [2.75, 3.05) is 0 Å². The molecule has 0 aliphatic heterocycles. The number of ether oxygens (including phenoxy) is 1. The number of carbonyl (C=O) groups is 1. The molecule has 0 aliphatic carbocycles. The van der Waals surface area contributed by atoms with Gasteiger partial charge in [0.25, 0.3) is 0 Å². The first-order chi connectivity index (χ1) is 12.3. The van der Waals surface area contributed by atoms with Crippen LogP contribution in [0.25, 0.3) is 0 Å². The fourth-order valence-electron chi connectivity index (χ4n) is 2.43. The average molecular weight is 416 g/mol. The summed E-state index contributed by atoms with van der Waals surface area (Å²) in [5, 5.41) is 0. The Hall–Kier alpha value is -0.630. The van der Waals surface area contributed by atoms with Gasteiger partial charge in [-0.1, -0.05) is 46.0 Å². The maximum absolute atomic E-state index is 13.7. The molecule has 0 fully saturated rings. The van der Waals surface area contributed by atoms with E-state index in [1.165, 1.54) is 0 Å². The zero-order valence-corrected chi connectivity index (χ0v) is 18.3. The molecule has 0 rings (SSSR count). The molecule has 1 unspecified atom stereocenters. The van der Waals surface area contributed by atoms with Gasteiger partial charge in [-0.25, -0.2) is 8.93 Å². The maximum Gasteiger partial charge on any atom is 0.405 e. The van der Waals surface area contributed by atoms with Gasteiger partial charge in [0.1, 0.15) is 6.04 Å². The number of hydrogen-bond donors (Lipinski definition) is 1. The number of hydrogen-bond acceptors (Lipinski definition) is 3. The van der Waals surface area contributed by atoms with E-state index in [1.54, 1.807) is 34.6 Å². The van der Waals surface area contributed by atoms with Crippen LogP contribution >= 0.6 is 0 Å². The van der Waals surface area contributed by atoms with Crippen LogP contribution in [0.2, 0.25) is 0 Å². The summed E-state index contributed by atoms with van der Waals surface area (Å²) in [7, 11) is -1.95. The van der Waals surface area contributed by atoms with E-state index in [4.69, 9.17) is 4.74 Å². The standard InChI is InChI=1S/C19H36F3NO3S/c1-7-9-10-11-12-13-15(17(24)26-14(3)8-2)16(19(20,21)22)23-27(25)18(4,5)6/h14-16,23H,7-13H2,1-6H3/t14?,15-,16-,27-/m0/s1. The lowest BCUT2D eigenvalue weighted by Gasteiger charge is -2.31. The van der Waals surface area contributed by atoms with Crippen molar-refractivity contribution >= 4 is 17.0 Å². The van der Waals surface area contributed by atoms with Crippen molar-refractivity contribution in [3.05, 3.63) is 0 Å². The average Bonchev–Trinajstić information content (AvgIpc) is 2.54. The van der Waals surface area contributed by atoms with Crippen molar-refractivity contribution in [3.63, 3.8) is 0 Å². The molecule has 0 saturated carbocycles. The number of alkyl halides is 3. The van der Waals surface area contributed by atoms with E-state index in [9.17, 15) is 22.2 Å². The quantitative estimate of drug-likeness (QED) is 0.348. The highest BCUT2D eigenvalue weighted by Gasteiger charge is 2.49. The largest absolute Gasteiger partial charge is 0.462 e. The highest BCUT2D eigenvalue weighted by Crippen LogP contribution is 2.31. The van der Waals surface area contributed by atoms with Gasteiger partial charge in [0, 0.05) is 0 Å². The molecule has 4 nitrogen and oxygen atoms in total. The van der Waals surface area contributed by atoms with Crippen LogP contribution in [0.3, 0.4) is 0 Å². The number of esters is 1. The van der Waals surface area contributed by atoms with E-state index >= 15 is 0 Å². The normalized spacial score (nSPS) is 17.2. The Morgan fingerprint density at radius 2 is 1.63 bits per heavy atom. The van der Waals surface area contributed by atoms with Gasteiger partial charge in [0.05, 0.1) is 27.8 Å². The highest BCUT2D eigenvalue weighted by atomic mass is 32.2. The molecule has 162 valence electrons. The van der Waals surface area contributed by atoms with Crippen molar-refractivity contribution in [2.45, 2.75) is 110 Å². The second kappa shape index (κ2) is 12.0. The van der Waals surface area contributed by atoms with Crippen molar-refractivity contribution in [1.82, 2.24) is 4.72 Å². The van der Waals surface area contributed by atoms with Crippen LogP contribution in [-0.4, -0.2) is 33.2 Å². The van der Waals surface area contributed by atoms with E-state index in [0.29, 0.717) is 12.8 Å². The van der Waals surface area contributed by atoms with Gasteiger partial charge < -0.3 is 4.74 Å². The van der Waals surface area contributed by atoms with Crippen molar-refractivity contribution < 1.29 is 26.9 Å². The fraction of sp³-hybridized carbons (Fsp3) is 0.947. The van der Waals surface area contributed by atoms with Crippen LogP contribution < -0.4 is 4.72 Å². The van der Waals surface area contributed by atoms with Crippen LogP contribution in [-0.2, 0) is 20.5 Å². The maximum atomic E-state index is 13.7. The molecule has 4 atom stereocenters. The van der Waals surface area contributed by atoms with Crippen molar-refractivity contribution in [3.8, 4) is 0 Å². The molecular formula is C19H36F3NO3S. The predicted octanol–water partition coefficient (Wildman–Crippen LogP) is 5.29. The summed E-state index contributed by atoms with van der Waals surface area (Å²) in [5.41, 5.74) is 0. The topological polar surface area (TPSA) is 55.4 Å². The second-order valence-corrected chi connectivity index (χ2v) is 9.98. The molecule has 27 heavy (non-hydrogen) atoms. The van der Waals surface area contributed by atoms with Crippen LogP contribution in [0.4, 0.5) is 13.2 Å². The Morgan fingerprint density at radius 1 is 1.07 bits per heavy atom. The number of unbranched alkanes of at least 4 members (excludes halogenated alkanes) is 4. The summed E-state index contributed by atoms with van der Waals surface area (Å²) in [6.45, 7) is 10.3. The minimum atomic E-state index is -4.70. The molecule has 0 aromatic carbocycles. The van der Waals surface area contributed by atoms with E-state index in [1.807, 2.05) is 0 Å². The molecule has 1 N–H and O–H groups in total. The van der Waals surface area contributed by atoms with Gasteiger partial charge in [-0.3, -0.25) is 4.79 Å². The number of rotatable bonds is 12. The summed E-state index contributed by atoms with van der Waals surface area (Å²) < 4.78 is 60.0. The van der Waals surface area contributed by atoms with Crippen LogP contribution in [0.5, 0.6) is 0 Å². The minimum Gasteiger partial charge on any atom is -0.462 e. The number of halogens is 3. The van der Waals surface area contributed by atoms with Gasteiger partial charge in [-0.2, -0.15) is 13.2 Å². The monoisotopic (exact) mass is 415 g/mol. The van der Waals surface area contributed by atoms with Crippen LogP contribution in [0, 0.1) is 5.92 Å². The summed E-state index contributed by atoms with van der Waals surface area (Å²) >= 11 is 0. The van der Waals surface area contributed by atoms with Gasteiger partial charge in [0.15, 0.2) is 0 Å². The molecule has 0 aromatic rings. The molecular weight excluding hydrogens is 379 g/mol. The zero-order chi connectivity index (χ0) is 21.3. The summed E-state index contributed by atoms with van der Waals surface area (Å²) in [4.78, 5) is 12.5. The first-order valence-corrected chi connectivity index (χ1v) is 10.9. The Kier molecular flexibility index (Phi) is 11.8. The van der Waals surface area contributed by atoms with E-state index in [0.717, 1.165) is 25.7 Å². The predicted molar refractivity (Wildman–Crippen MR) is 104 cm³/mol. The lowest BCUT2D eigenvalue weighted by Crippen LogP contribution is -2.54. The number of nitrogens with one attached hydrogen (secondary N) is 1. The van der Waals surface area contributed by atoms with Crippen LogP contribution in [0.15, 0.2) is 0 Å². The molecule has 0 heterocycles. The third-order valence-electron chi connectivity index (χ3n) is 4.36. The SMILES string of the molecule is CCCCCCC[C@H](C(=O)OC(C)CC)[C@H](N[S@@](=O)C(C)(C)C)C(F)(F)F. The Labute approximate surface area is 164 Å². The van der Waals surface area contributed by atoms with Gasteiger partial charge in [-0.15, -0.1) is 0 Å². The molecule has 8 heteroatoms. The first kappa shape index (κ1) is 26.4. The second-order valence-electron chi connectivity index (χ2n) is 7.98. The van der Waals surface area contributed by atoms with Gasteiger partial charge in [0.2, 0.25) is 0 Å². The lowest BCUT2D eigenvalue weighted by molar-refractivity contribution is -0.182. The van der Waals surface area contributed by atoms with Gasteiger partial charge >= 0.3 is 12.1 Å². The van der Waals surface area contributed by atoms with E-state index in [-0.39, 0.29) is 6.42 Å². The summed E-state index contributed by atoms with van der Waals surface area (Å²) in [5.74, 6) is -2.28.